The van der Waals surface area contributed by atoms with Crippen LogP contribution in [0, 0.1) is 11.3 Å². The lowest BCUT2D eigenvalue weighted by Crippen LogP contribution is -2.34. The molecule has 7 nitrogen and oxygen atoms in total. The van der Waals surface area contributed by atoms with Gasteiger partial charge in [0.15, 0.2) is 0 Å². The Labute approximate surface area is 139 Å². The highest BCUT2D eigenvalue weighted by Crippen LogP contribution is 2.27. The first-order valence-corrected chi connectivity index (χ1v) is 9.00. The molecular weight excluding hydrogens is 330 g/mol. The third-order valence-electron chi connectivity index (χ3n) is 3.39. The number of aromatic hydroxyl groups is 1. The minimum atomic E-state index is -3.80. The first-order chi connectivity index (χ1) is 11.4. The van der Waals surface area contributed by atoms with E-state index in [4.69, 9.17) is 0 Å². The zero-order valence-corrected chi connectivity index (χ0v) is 13.9. The lowest BCUT2D eigenvalue weighted by Gasteiger charge is -2.14. The van der Waals surface area contributed by atoms with Crippen LogP contribution in [0.15, 0.2) is 41.2 Å². The van der Waals surface area contributed by atoms with Crippen molar-refractivity contribution in [2.24, 2.45) is 0 Å². The van der Waals surface area contributed by atoms with E-state index < -0.39 is 21.5 Å². The van der Waals surface area contributed by atoms with Crippen LogP contribution in [0.1, 0.15) is 25.3 Å². The molecule has 2 rings (SSSR count). The monoisotopic (exact) mass is 347 g/mol. The van der Waals surface area contributed by atoms with E-state index in [9.17, 15) is 23.6 Å². The van der Waals surface area contributed by atoms with Crippen molar-refractivity contribution >= 4 is 10.0 Å². The van der Waals surface area contributed by atoms with Crippen LogP contribution in [0.25, 0.3) is 11.1 Å². The molecule has 0 fully saturated rings. The predicted octanol–water partition coefficient (Wildman–Crippen LogP) is 1.77. The van der Waals surface area contributed by atoms with Crippen molar-refractivity contribution in [3.63, 3.8) is 0 Å². The van der Waals surface area contributed by atoms with Crippen LogP contribution >= 0.6 is 0 Å². The van der Waals surface area contributed by atoms with Crippen molar-refractivity contribution in [2.75, 3.05) is 10.6 Å². The normalized spacial score (nSPS) is 11.0. The lowest BCUT2D eigenvalue weighted by atomic mass is 10.0. The molecule has 1 aromatic heterocycles. The van der Waals surface area contributed by atoms with Crippen molar-refractivity contribution in [1.29, 1.82) is 5.26 Å². The number of nitrogens with one attached hydrogen (secondary N) is 1. The first kappa shape index (κ1) is 17.6. The van der Waals surface area contributed by atoms with Crippen molar-refractivity contribution in [2.45, 2.75) is 19.8 Å². The van der Waals surface area contributed by atoms with Gasteiger partial charge in [-0.15, -0.1) is 0 Å². The number of pyridine rings is 1. The molecule has 24 heavy (non-hydrogen) atoms. The van der Waals surface area contributed by atoms with Gasteiger partial charge in [0.2, 0.25) is 15.9 Å². The second-order valence-corrected chi connectivity index (χ2v) is 6.99. The minimum absolute atomic E-state index is 0.181. The van der Waals surface area contributed by atoms with Gasteiger partial charge >= 0.3 is 0 Å². The zero-order valence-electron chi connectivity index (χ0n) is 13.1. The molecule has 0 radical (unpaired) electrons. The van der Waals surface area contributed by atoms with Gasteiger partial charge in [-0.3, -0.25) is 4.79 Å². The minimum Gasteiger partial charge on any atom is -0.492 e. The van der Waals surface area contributed by atoms with E-state index in [1.165, 1.54) is 0 Å². The van der Waals surface area contributed by atoms with Crippen LogP contribution in [0.5, 0.6) is 5.88 Å². The molecule has 126 valence electrons. The maximum atomic E-state index is 12.2. The summed E-state index contributed by atoms with van der Waals surface area (Å²) < 4.78 is 24.4. The van der Waals surface area contributed by atoms with Gasteiger partial charge in [0, 0.05) is 11.6 Å². The first-order valence-electron chi connectivity index (χ1n) is 7.34. The molecule has 0 bridgehead atoms. The van der Waals surface area contributed by atoms with Crippen molar-refractivity contribution in [1.82, 2.24) is 4.68 Å². The number of aromatic nitrogens is 1. The van der Waals surface area contributed by atoms with Crippen LogP contribution < -0.4 is 10.4 Å². The van der Waals surface area contributed by atoms with E-state index in [0.717, 1.165) is 6.07 Å². The third-order valence-corrected chi connectivity index (χ3v) is 4.67. The maximum Gasteiger partial charge on any atom is 0.273 e. The van der Waals surface area contributed by atoms with E-state index in [1.54, 1.807) is 30.3 Å². The van der Waals surface area contributed by atoms with E-state index in [0.29, 0.717) is 23.1 Å². The topological polar surface area (TPSA) is 112 Å². The fraction of sp³-hybridized carbons (Fsp3) is 0.250. The molecule has 8 heteroatoms. The largest absolute Gasteiger partial charge is 0.492 e. The quantitative estimate of drug-likeness (QED) is 0.827. The summed E-state index contributed by atoms with van der Waals surface area (Å²) in [6, 6.07) is 11.5. The van der Waals surface area contributed by atoms with Crippen molar-refractivity contribution in [3.05, 3.63) is 52.3 Å². The van der Waals surface area contributed by atoms with Crippen LogP contribution in [-0.4, -0.2) is 24.0 Å². The molecule has 1 heterocycles. The summed E-state index contributed by atoms with van der Waals surface area (Å²) in [6.45, 7) is 1.83. The average molecular weight is 347 g/mol. The summed E-state index contributed by atoms with van der Waals surface area (Å²) in [6.07, 6.45) is 1.08. The summed E-state index contributed by atoms with van der Waals surface area (Å²) >= 11 is 0. The number of sulfonamides is 1. The van der Waals surface area contributed by atoms with Gasteiger partial charge in [0.25, 0.3) is 5.56 Å². The number of unbranched alkanes of at least 4 members (excludes halogenated alkanes) is 1. The van der Waals surface area contributed by atoms with E-state index in [2.05, 4.69) is 0 Å². The Bertz CT molecular complexity index is 928. The molecule has 0 aliphatic rings. The lowest BCUT2D eigenvalue weighted by molar-refractivity contribution is 0.427. The molecule has 2 aromatic rings. The Balaban J connectivity index is 2.54. The Morgan fingerprint density at radius 2 is 1.96 bits per heavy atom. The predicted molar refractivity (Wildman–Crippen MR) is 90.6 cm³/mol. The van der Waals surface area contributed by atoms with Gasteiger partial charge in [-0.1, -0.05) is 43.7 Å². The maximum absolute atomic E-state index is 12.2. The summed E-state index contributed by atoms with van der Waals surface area (Å²) in [5.41, 5.74) is -0.142. The summed E-state index contributed by atoms with van der Waals surface area (Å²) in [5, 5.41) is 19.5. The summed E-state index contributed by atoms with van der Waals surface area (Å²) in [7, 11) is -3.80. The van der Waals surface area contributed by atoms with Crippen molar-refractivity contribution in [3.8, 4) is 23.1 Å². The molecule has 0 saturated carbocycles. The molecule has 0 aliphatic carbocycles. The second kappa shape index (κ2) is 7.19. The van der Waals surface area contributed by atoms with Gasteiger partial charge in [-0.2, -0.15) is 9.94 Å². The van der Waals surface area contributed by atoms with Gasteiger partial charge in [0.1, 0.15) is 11.6 Å². The number of nitriles is 1. The summed E-state index contributed by atoms with van der Waals surface area (Å²) in [4.78, 5) is 14.2. The average Bonchev–Trinajstić information content (AvgIpc) is 2.57. The molecule has 0 aliphatic heterocycles. The summed E-state index contributed by atoms with van der Waals surface area (Å²) in [5.74, 6) is -0.915. The molecule has 0 unspecified atom stereocenters. The molecule has 0 atom stereocenters. The van der Waals surface area contributed by atoms with Gasteiger partial charge in [0.05, 0.1) is 5.75 Å². The smallest absolute Gasteiger partial charge is 0.273 e. The number of hydrogen-bond donors (Lipinski definition) is 2. The van der Waals surface area contributed by atoms with Crippen LogP contribution in [0.4, 0.5) is 0 Å². The Morgan fingerprint density at radius 3 is 2.54 bits per heavy atom. The van der Waals surface area contributed by atoms with Crippen LogP contribution in [0.3, 0.4) is 0 Å². The number of rotatable bonds is 6. The van der Waals surface area contributed by atoms with Crippen LogP contribution in [0.2, 0.25) is 0 Å². The highest BCUT2D eigenvalue weighted by molar-refractivity contribution is 7.92. The highest BCUT2D eigenvalue weighted by atomic mass is 32.2. The standard InChI is InChI=1S/C16H17N3O4S/c1-2-3-9-24(22,23)18-19-15(20)10-13(14(11-17)16(19)21)12-7-5-4-6-8-12/h4-8,10,18,21H,2-3,9H2,1H3. The Morgan fingerprint density at radius 1 is 1.29 bits per heavy atom. The number of benzene rings is 1. The Kier molecular flexibility index (Phi) is 5.26. The third kappa shape index (κ3) is 3.75. The zero-order chi connectivity index (χ0) is 17.7. The van der Waals surface area contributed by atoms with E-state index in [1.807, 2.05) is 17.8 Å². The van der Waals surface area contributed by atoms with Crippen LogP contribution in [-0.2, 0) is 10.0 Å². The van der Waals surface area contributed by atoms with Gasteiger partial charge in [-0.25, -0.2) is 13.2 Å². The molecular formula is C16H17N3O4S. The van der Waals surface area contributed by atoms with Crippen molar-refractivity contribution < 1.29 is 13.5 Å². The van der Waals surface area contributed by atoms with E-state index in [-0.39, 0.29) is 16.9 Å². The second-order valence-electron chi connectivity index (χ2n) is 5.17. The van der Waals surface area contributed by atoms with Gasteiger partial charge < -0.3 is 5.11 Å². The molecule has 2 N–H and O–H groups in total. The number of hydrogen-bond acceptors (Lipinski definition) is 5. The highest BCUT2D eigenvalue weighted by Gasteiger charge is 2.19. The van der Waals surface area contributed by atoms with Gasteiger partial charge in [-0.05, 0) is 12.0 Å². The Hall–Kier alpha value is -2.79. The molecule has 0 saturated heterocycles. The number of nitrogens with zero attached hydrogens (tertiary/aromatic N) is 2. The van der Waals surface area contributed by atoms with E-state index >= 15 is 0 Å². The fourth-order valence-corrected chi connectivity index (χ4v) is 3.37. The fourth-order valence-electron chi connectivity index (χ4n) is 2.16. The SMILES string of the molecule is CCCCS(=O)(=O)Nn1c(O)c(C#N)c(-c2ccccc2)cc1=O. The molecule has 1 aromatic carbocycles. The molecule has 0 spiro atoms. The molecule has 0 amide bonds.